The third-order valence-corrected chi connectivity index (χ3v) is 8.84. The predicted octanol–water partition coefficient (Wildman–Crippen LogP) is 4.89. The van der Waals surface area contributed by atoms with Gasteiger partial charge in [-0.25, -0.2) is 12.8 Å². The molecule has 2 saturated heterocycles. The first-order valence-corrected chi connectivity index (χ1v) is 13.7. The highest BCUT2D eigenvalue weighted by atomic mass is 35.5. The summed E-state index contributed by atoms with van der Waals surface area (Å²) in [5, 5.41) is 3.30. The summed E-state index contributed by atoms with van der Waals surface area (Å²) in [6.07, 6.45) is 5.27. The van der Waals surface area contributed by atoms with Gasteiger partial charge in [0.2, 0.25) is 15.9 Å². The highest BCUT2D eigenvalue weighted by Crippen LogP contribution is 2.25. The van der Waals surface area contributed by atoms with Crippen LogP contribution in [0.1, 0.15) is 44.1 Å². The van der Waals surface area contributed by atoms with E-state index in [2.05, 4.69) is 10.2 Å². The second kappa shape index (κ2) is 11.2. The number of likely N-dealkylation sites (tertiary alicyclic amines) is 1. The number of hydrogen-bond donors (Lipinski definition) is 1. The molecule has 2 aromatic carbocycles. The molecule has 0 atom stereocenters. The van der Waals surface area contributed by atoms with Crippen LogP contribution in [0.15, 0.2) is 47.4 Å². The molecule has 2 aliphatic heterocycles. The summed E-state index contributed by atoms with van der Waals surface area (Å²) >= 11 is 5.82. The highest BCUT2D eigenvalue weighted by Gasteiger charge is 2.27. The van der Waals surface area contributed by atoms with Gasteiger partial charge in [-0.1, -0.05) is 30.5 Å². The quantitative estimate of drug-likeness (QED) is 0.604. The van der Waals surface area contributed by atoms with Gasteiger partial charge in [-0.15, -0.1) is 0 Å². The zero-order chi connectivity index (χ0) is 24.1. The summed E-state index contributed by atoms with van der Waals surface area (Å²) in [5.41, 5.74) is 1.19. The number of amides is 1. The number of anilines is 1. The average molecular weight is 508 g/mol. The van der Waals surface area contributed by atoms with Crippen molar-refractivity contribution in [3.8, 4) is 0 Å². The zero-order valence-electron chi connectivity index (χ0n) is 19.2. The van der Waals surface area contributed by atoms with E-state index in [1.54, 1.807) is 40.7 Å². The Hall–Kier alpha value is -2.00. The molecule has 184 valence electrons. The molecule has 2 heterocycles. The lowest BCUT2D eigenvalue weighted by Gasteiger charge is -2.31. The Balaban J connectivity index is 1.29. The molecule has 6 nitrogen and oxygen atoms in total. The Kier molecular flexibility index (Phi) is 8.24. The lowest BCUT2D eigenvalue weighted by molar-refractivity contribution is -0.121. The first kappa shape index (κ1) is 25.1. The molecular weight excluding hydrogens is 477 g/mol. The van der Waals surface area contributed by atoms with Gasteiger partial charge in [0.15, 0.2) is 0 Å². The number of nitrogens with one attached hydrogen (secondary N) is 1. The van der Waals surface area contributed by atoms with E-state index < -0.39 is 10.0 Å². The molecule has 1 amide bonds. The molecule has 0 aliphatic carbocycles. The van der Waals surface area contributed by atoms with Crippen LogP contribution in [0.4, 0.5) is 10.1 Å². The minimum absolute atomic E-state index is 0.0690. The van der Waals surface area contributed by atoms with E-state index in [-0.39, 0.29) is 22.5 Å². The Bertz CT molecular complexity index is 1090. The summed E-state index contributed by atoms with van der Waals surface area (Å²) < 4.78 is 41.5. The van der Waals surface area contributed by atoms with E-state index in [1.165, 1.54) is 6.07 Å². The Morgan fingerprint density at radius 1 is 0.971 bits per heavy atom. The Morgan fingerprint density at radius 2 is 1.62 bits per heavy atom. The molecule has 0 bridgehead atoms. The summed E-state index contributed by atoms with van der Waals surface area (Å²) in [6, 6.07) is 11.2. The highest BCUT2D eigenvalue weighted by molar-refractivity contribution is 7.89. The molecule has 2 fully saturated rings. The van der Waals surface area contributed by atoms with E-state index in [4.69, 9.17) is 11.6 Å². The van der Waals surface area contributed by atoms with Gasteiger partial charge in [0.1, 0.15) is 5.82 Å². The van der Waals surface area contributed by atoms with Crippen molar-refractivity contribution in [3.63, 3.8) is 0 Å². The van der Waals surface area contributed by atoms with Crippen molar-refractivity contribution in [1.29, 1.82) is 0 Å². The standard InChI is InChI=1S/C25H31ClFN3O3S/c26-21-6-5-20(24(27)17-21)18-29-15-11-19(12-16-29)25(31)28-22-7-9-23(10-8-22)34(32,33)30-13-3-1-2-4-14-30/h5-10,17,19H,1-4,11-16,18H2,(H,28,31). The Labute approximate surface area is 206 Å². The summed E-state index contributed by atoms with van der Waals surface area (Å²) in [5.74, 6) is -0.513. The first-order valence-electron chi connectivity index (χ1n) is 11.9. The number of carbonyl (C=O) groups excluding carboxylic acids is 1. The van der Waals surface area contributed by atoms with Crippen LogP contribution in [0.5, 0.6) is 0 Å². The monoisotopic (exact) mass is 507 g/mol. The molecule has 0 saturated carbocycles. The fourth-order valence-corrected chi connectivity index (χ4v) is 6.31. The molecular formula is C25H31ClFN3O3S. The fraction of sp³-hybridized carbons (Fsp3) is 0.480. The molecule has 0 spiro atoms. The number of hydrogen-bond acceptors (Lipinski definition) is 4. The molecule has 4 rings (SSSR count). The second-order valence-electron chi connectivity index (χ2n) is 9.12. The van der Waals surface area contributed by atoms with Gasteiger partial charge in [0, 0.05) is 41.8 Å². The van der Waals surface area contributed by atoms with Crippen LogP contribution in [-0.4, -0.2) is 49.7 Å². The van der Waals surface area contributed by atoms with E-state index in [1.807, 2.05) is 0 Å². The molecule has 0 radical (unpaired) electrons. The number of sulfonamides is 1. The van der Waals surface area contributed by atoms with Crippen LogP contribution >= 0.6 is 11.6 Å². The third kappa shape index (κ3) is 6.16. The molecule has 0 aromatic heterocycles. The van der Waals surface area contributed by atoms with Gasteiger partial charge in [-0.3, -0.25) is 9.69 Å². The van der Waals surface area contributed by atoms with Crippen LogP contribution in [0.3, 0.4) is 0 Å². The van der Waals surface area contributed by atoms with Gasteiger partial charge >= 0.3 is 0 Å². The predicted molar refractivity (Wildman–Crippen MR) is 132 cm³/mol. The molecule has 2 aromatic rings. The van der Waals surface area contributed by atoms with Crippen molar-refractivity contribution in [2.45, 2.75) is 50.0 Å². The minimum atomic E-state index is -3.51. The van der Waals surface area contributed by atoms with Gasteiger partial charge in [0.25, 0.3) is 0 Å². The van der Waals surface area contributed by atoms with Crippen molar-refractivity contribution in [3.05, 3.63) is 58.9 Å². The van der Waals surface area contributed by atoms with Gasteiger partial charge < -0.3 is 5.32 Å². The Morgan fingerprint density at radius 3 is 2.24 bits per heavy atom. The molecule has 0 unspecified atom stereocenters. The van der Waals surface area contributed by atoms with Crippen molar-refractivity contribution in [2.75, 3.05) is 31.5 Å². The maximum Gasteiger partial charge on any atom is 0.243 e. The normalized spacial score (nSPS) is 19.0. The third-order valence-electron chi connectivity index (χ3n) is 6.69. The van der Waals surface area contributed by atoms with E-state index in [9.17, 15) is 17.6 Å². The summed E-state index contributed by atoms with van der Waals surface area (Å²) in [4.78, 5) is 15.2. The van der Waals surface area contributed by atoms with Gasteiger partial charge in [-0.05, 0) is 75.2 Å². The number of halogens is 2. The SMILES string of the molecule is O=C(Nc1ccc(S(=O)(=O)N2CCCCCC2)cc1)C1CCN(Cc2ccc(Cl)cc2F)CC1. The lowest BCUT2D eigenvalue weighted by Crippen LogP contribution is -2.37. The topological polar surface area (TPSA) is 69.7 Å². The second-order valence-corrected chi connectivity index (χ2v) is 11.5. The summed E-state index contributed by atoms with van der Waals surface area (Å²) in [7, 11) is -3.51. The van der Waals surface area contributed by atoms with Crippen LogP contribution in [0.25, 0.3) is 0 Å². The molecule has 1 N–H and O–H groups in total. The van der Waals surface area contributed by atoms with Crippen LogP contribution in [0.2, 0.25) is 5.02 Å². The van der Waals surface area contributed by atoms with E-state index >= 15 is 0 Å². The number of rotatable bonds is 6. The number of piperidine rings is 1. The maximum absolute atomic E-state index is 14.1. The van der Waals surface area contributed by atoms with Crippen molar-refractivity contribution < 1.29 is 17.6 Å². The van der Waals surface area contributed by atoms with Gasteiger partial charge in [-0.2, -0.15) is 4.31 Å². The van der Waals surface area contributed by atoms with Crippen LogP contribution in [0, 0.1) is 11.7 Å². The smallest absolute Gasteiger partial charge is 0.243 e. The number of nitrogens with zero attached hydrogens (tertiary/aromatic N) is 2. The fourth-order valence-electron chi connectivity index (χ4n) is 4.63. The molecule has 2 aliphatic rings. The largest absolute Gasteiger partial charge is 0.326 e. The maximum atomic E-state index is 14.1. The molecule has 9 heteroatoms. The summed E-state index contributed by atoms with van der Waals surface area (Å²) in [6.45, 7) is 3.01. The van der Waals surface area contributed by atoms with Crippen molar-refractivity contribution >= 4 is 33.2 Å². The molecule has 34 heavy (non-hydrogen) atoms. The number of benzene rings is 2. The first-order chi connectivity index (χ1) is 16.3. The van der Waals surface area contributed by atoms with Crippen molar-refractivity contribution in [1.82, 2.24) is 9.21 Å². The number of carbonyl (C=O) groups is 1. The minimum Gasteiger partial charge on any atom is -0.326 e. The average Bonchev–Trinajstić information content (AvgIpc) is 3.12. The lowest BCUT2D eigenvalue weighted by atomic mass is 9.95. The van der Waals surface area contributed by atoms with E-state index in [0.717, 1.165) is 25.7 Å². The van der Waals surface area contributed by atoms with Crippen LogP contribution in [-0.2, 0) is 21.4 Å². The van der Waals surface area contributed by atoms with Gasteiger partial charge in [0.05, 0.1) is 4.90 Å². The van der Waals surface area contributed by atoms with E-state index in [0.29, 0.717) is 61.8 Å². The van der Waals surface area contributed by atoms with Crippen molar-refractivity contribution in [2.24, 2.45) is 5.92 Å². The zero-order valence-corrected chi connectivity index (χ0v) is 20.8. The van der Waals surface area contributed by atoms with Crippen LogP contribution < -0.4 is 5.32 Å².